The molecular weight excluding hydrogens is 363 g/mol. The minimum atomic E-state index is -0.328. The summed E-state index contributed by atoms with van der Waals surface area (Å²) in [4.78, 5) is 12.1. The molecule has 0 amide bonds. The smallest absolute Gasteiger partial charge is 0.344 e. The molecule has 2 nitrogen and oxygen atoms in total. The van der Waals surface area contributed by atoms with Crippen molar-refractivity contribution in [2.75, 3.05) is 0 Å². The van der Waals surface area contributed by atoms with Crippen molar-refractivity contribution in [3.05, 3.63) is 75.9 Å². The number of carbonyl (C=O) groups excluding carboxylic acids is 1. The molecule has 0 aromatic heterocycles. The van der Waals surface area contributed by atoms with E-state index in [1.54, 1.807) is 6.07 Å². The molecule has 20 heavy (non-hydrogen) atoms. The van der Waals surface area contributed by atoms with Crippen LogP contribution in [0.2, 0.25) is 0 Å². The Kier molecular flexibility index (Phi) is 3.69. The number of carbonyl (C=O) groups is 1. The van der Waals surface area contributed by atoms with Gasteiger partial charge in [-0.2, -0.15) is 0 Å². The quantitative estimate of drug-likeness (QED) is 0.370. The van der Waals surface area contributed by atoms with E-state index in [-0.39, 0.29) is 5.97 Å². The van der Waals surface area contributed by atoms with Crippen LogP contribution in [0, 0.1) is 3.57 Å². The zero-order chi connectivity index (χ0) is 13.9. The molecule has 0 saturated heterocycles. The number of rotatable bonds is 2. The summed E-state index contributed by atoms with van der Waals surface area (Å²) in [5, 5.41) is 2.18. The number of esters is 1. The molecule has 0 saturated carbocycles. The number of halogens is 1. The van der Waals surface area contributed by atoms with Crippen LogP contribution < -0.4 is 4.74 Å². The van der Waals surface area contributed by atoms with Gasteiger partial charge in [0, 0.05) is 3.57 Å². The van der Waals surface area contributed by atoms with Crippen molar-refractivity contribution in [2.24, 2.45) is 0 Å². The molecule has 3 aromatic rings. The normalized spacial score (nSPS) is 10.4. The highest BCUT2D eigenvalue weighted by molar-refractivity contribution is 14.1. The standard InChI is InChI=1S/C17H11IO2/c18-16-8-4-3-7-15(16)17(19)20-14-10-9-12-5-1-2-6-13(12)11-14/h1-11H. The second kappa shape index (κ2) is 5.63. The molecular formula is C17H11IO2. The summed E-state index contributed by atoms with van der Waals surface area (Å²) in [6, 6.07) is 21.0. The number of fused-ring (bicyclic) bond motifs is 1. The van der Waals surface area contributed by atoms with Crippen LogP contribution in [0.1, 0.15) is 10.4 Å². The molecule has 3 aromatic carbocycles. The molecule has 0 fully saturated rings. The lowest BCUT2D eigenvalue weighted by Crippen LogP contribution is -2.10. The van der Waals surface area contributed by atoms with Crippen molar-refractivity contribution >= 4 is 39.3 Å². The summed E-state index contributed by atoms with van der Waals surface area (Å²) in [6.45, 7) is 0. The molecule has 0 radical (unpaired) electrons. The summed E-state index contributed by atoms with van der Waals surface area (Å²) < 4.78 is 6.33. The van der Waals surface area contributed by atoms with Crippen molar-refractivity contribution in [3.8, 4) is 5.75 Å². The molecule has 98 valence electrons. The predicted octanol–water partition coefficient (Wildman–Crippen LogP) is 4.66. The maximum atomic E-state index is 12.1. The zero-order valence-electron chi connectivity index (χ0n) is 10.5. The van der Waals surface area contributed by atoms with Gasteiger partial charge < -0.3 is 4.74 Å². The van der Waals surface area contributed by atoms with Crippen LogP contribution >= 0.6 is 22.6 Å². The molecule has 0 spiro atoms. The fourth-order valence-corrected chi connectivity index (χ4v) is 2.63. The van der Waals surface area contributed by atoms with Gasteiger partial charge in [-0.15, -0.1) is 0 Å². The molecule has 0 aliphatic rings. The summed E-state index contributed by atoms with van der Waals surface area (Å²) in [5.41, 5.74) is 0.584. The van der Waals surface area contributed by atoms with Crippen LogP contribution in [-0.2, 0) is 0 Å². The summed E-state index contributed by atoms with van der Waals surface area (Å²) in [5.74, 6) is 0.235. The van der Waals surface area contributed by atoms with Crippen molar-refractivity contribution in [1.29, 1.82) is 0 Å². The topological polar surface area (TPSA) is 26.3 Å². The third kappa shape index (κ3) is 2.67. The molecule has 0 N–H and O–H groups in total. The fraction of sp³-hybridized carbons (Fsp3) is 0. The molecule has 0 bridgehead atoms. The lowest BCUT2D eigenvalue weighted by atomic mass is 10.1. The van der Waals surface area contributed by atoms with Crippen molar-refractivity contribution in [1.82, 2.24) is 0 Å². The lowest BCUT2D eigenvalue weighted by molar-refractivity contribution is 0.0734. The summed E-state index contributed by atoms with van der Waals surface area (Å²) in [6.07, 6.45) is 0. The van der Waals surface area contributed by atoms with Crippen LogP contribution in [0.5, 0.6) is 5.75 Å². The maximum absolute atomic E-state index is 12.1. The van der Waals surface area contributed by atoms with E-state index in [0.717, 1.165) is 14.3 Å². The van der Waals surface area contributed by atoms with Gasteiger partial charge in [0.25, 0.3) is 0 Å². The van der Waals surface area contributed by atoms with Gasteiger partial charge >= 0.3 is 5.97 Å². The maximum Gasteiger partial charge on any atom is 0.344 e. The SMILES string of the molecule is O=C(Oc1ccc2ccccc2c1)c1ccccc1I. The van der Waals surface area contributed by atoms with E-state index in [4.69, 9.17) is 4.74 Å². The number of ether oxygens (including phenoxy) is 1. The van der Waals surface area contributed by atoms with E-state index in [1.165, 1.54) is 0 Å². The van der Waals surface area contributed by atoms with Gasteiger partial charge in [0.2, 0.25) is 0 Å². The Morgan fingerprint density at radius 2 is 1.55 bits per heavy atom. The van der Waals surface area contributed by atoms with Crippen LogP contribution in [-0.4, -0.2) is 5.97 Å². The molecule has 0 heterocycles. The number of hydrogen-bond acceptors (Lipinski definition) is 2. The monoisotopic (exact) mass is 374 g/mol. The van der Waals surface area contributed by atoms with Gasteiger partial charge in [-0.3, -0.25) is 0 Å². The van der Waals surface area contributed by atoms with E-state index in [9.17, 15) is 4.79 Å². The first-order chi connectivity index (χ1) is 9.74. The van der Waals surface area contributed by atoms with Gasteiger partial charge in [0.15, 0.2) is 0 Å². The predicted molar refractivity (Wildman–Crippen MR) is 88.1 cm³/mol. The molecule has 3 rings (SSSR count). The van der Waals surface area contributed by atoms with E-state index >= 15 is 0 Å². The lowest BCUT2D eigenvalue weighted by Gasteiger charge is -2.07. The molecule has 0 unspecified atom stereocenters. The van der Waals surface area contributed by atoms with Gasteiger partial charge in [-0.25, -0.2) is 4.79 Å². The second-order valence-corrected chi connectivity index (χ2v) is 5.54. The minimum Gasteiger partial charge on any atom is -0.423 e. The van der Waals surface area contributed by atoms with Crippen LogP contribution in [0.25, 0.3) is 10.8 Å². The van der Waals surface area contributed by atoms with Gasteiger partial charge in [-0.05, 0) is 57.6 Å². The average Bonchev–Trinajstić information content (AvgIpc) is 2.47. The Morgan fingerprint density at radius 1 is 0.850 bits per heavy atom. The zero-order valence-corrected chi connectivity index (χ0v) is 12.7. The number of hydrogen-bond donors (Lipinski definition) is 0. The van der Waals surface area contributed by atoms with Gasteiger partial charge in [-0.1, -0.05) is 42.5 Å². The highest BCUT2D eigenvalue weighted by atomic mass is 127. The highest BCUT2D eigenvalue weighted by Crippen LogP contribution is 2.22. The van der Waals surface area contributed by atoms with Crippen molar-refractivity contribution < 1.29 is 9.53 Å². The van der Waals surface area contributed by atoms with Crippen LogP contribution in [0.15, 0.2) is 66.7 Å². The largest absolute Gasteiger partial charge is 0.423 e. The van der Waals surface area contributed by atoms with E-state index in [2.05, 4.69) is 22.6 Å². The highest BCUT2D eigenvalue weighted by Gasteiger charge is 2.11. The third-order valence-electron chi connectivity index (χ3n) is 3.03. The molecule has 0 aliphatic carbocycles. The van der Waals surface area contributed by atoms with E-state index in [1.807, 2.05) is 60.7 Å². The second-order valence-electron chi connectivity index (χ2n) is 4.38. The van der Waals surface area contributed by atoms with Gasteiger partial charge in [0.05, 0.1) is 5.56 Å². The Balaban J connectivity index is 1.89. The first-order valence-electron chi connectivity index (χ1n) is 6.19. The Morgan fingerprint density at radius 3 is 2.35 bits per heavy atom. The Bertz CT molecular complexity index is 781. The first kappa shape index (κ1) is 13.1. The third-order valence-corrected chi connectivity index (χ3v) is 3.97. The minimum absolute atomic E-state index is 0.328. The summed E-state index contributed by atoms with van der Waals surface area (Å²) >= 11 is 2.13. The summed E-state index contributed by atoms with van der Waals surface area (Å²) in [7, 11) is 0. The van der Waals surface area contributed by atoms with E-state index < -0.39 is 0 Å². The first-order valence-corrected chi connectivity index (χ1v) is 7.27. The van der Waals surface area contributed by atoms with Crippen LogP contribution in [0.3, 0.4) is 0 Å². The average molecular weight is 374 g/mol. The van der Waals surface area contributed by atoms with Gasteiger partial charge in [0.1, 0.15) is 5.75 Å². The van der Waals surface area contributed by atoms with E-state index in [0.29, 0.717) is 11.3 Å². The van der Waals surface area contributed by atoms with Crippen molar-refractivity contribution in [2.45, 2.75) is 0 Å². The molecule has 0 atom stereocenters. The molecule has 3 heteroatoms. The van der Waals surface area contributed by atoms with Crippen LogP contribution in [0.4, 0.5) is 0 Å². The number of benzene rings is 3. The fourth-order valence-electron chi connectivity index (χ4n) is 2.02. The Hall–Kier alpha value is -1.88. The molecule has 0 aliphatic heterocycles. The Labute approximate surface area is 130 Å². The van der Waals surface area contributed by atoms with Crippen molar-refractivity contribution in [3.63, 3.8) is 0 Å².